The molecule has 0 aromatic carbocycles. The second-order valence-corrected chi connectivity index (χ2v) is 2.71. The molecule has 0 saturated carbocycles. The highest BCUT2D eigenvalue weighted by Crippen LogP contribution is 1.82. The molecule has 0 aliphatic carbocycles. The summed E-state index contributed by atoms with van der Waals surface area (Å²) in [4.78, 5) is 4.27. The molecule has 0 bridgehead atoms. The minimum atomic E-state index is 0.745. The van der Waals surface area contributed by atoms with Crippen LogP contribution in [0.5, 0.6) is 0 Å². The van der Waals surface area contributed by atoms with Crippen LogP contribution in [0.4, 0.5) is 0 Å². The lowest BCUT2D eigenvalue weighted by Gasteiger charge is -1.76. The van der Waals surface area contributed by atoms with Crippen molar-refractivity contribution >= 4 is 12.2 Å². The van der Waals surface area contributed by atoms with Gasteiger partial charge in [0.05, 0.1) is 0 Å². The van der Waals surface area contributed by atoms with E-state index in [4.69, 9.17) is 4.42 Å². The first-order chi connectivity index (χ1) is 5.77. The number of hydrogen-bond acceptors (Lipinski definition) is 2. The Morgan fingerprint density at radius 1 is 1.25 bits per heavy atom. The van der Waals surface area contributed by atoms with Crippen LogP contribution in [0.1, 0.15) is 32.6 Å². The van der Waals surface area contributed by atoms with E-state index < -0.39 is 0 Å². The molecule has 1 rings (SSSR count). The molecule has 12 heavy (non-hydrogen) atoms. The molecule has 0 aliphatic heterocycles. The molecule has 1 aromatic heterocycles. The summed E-state index contributed by atoms with van der Waals surface area (Å²) in [5.41, 5.74) is 0.914. The maximum Gasteiger partial charge on any atom is 0.192 e. The van der Waals surface area contributed by atoms with Crippen molar-refractivity contribution in [2.45, 2.75) is 33.6 Å². The predicted molar refractivity (Wildman–Crippen MR) is 50.0 cm³/mol. The summed E-state index contributed by atoms with van der Waals surface area (Å²) < 4.78 is 5.41. The number of nitrogens with zero attached hydrogens (tertiary/aromatic N) is 1. The smallest absolute Gasteiger partial charge is 0.192 e. The summed E-state index contributed by atoms with van der Waals surface area (Å²) in [7, 11) is 0. The van der Waals surface area contributed by atoms with Crippen LogP contribution in [-0.4, -0.2) is 4.98 Å². The largest absolute Gasteiger partial charge is 0.441 e. The number of hydrogen-bond donors (Lipinski definition) is 0. The van der Waals surface area contributed by atoms with Crippen molar-refractivity contribution in [3.05, 3.63) is 16.7 Å². The Morgan fingerprint density at radius 3 is 2.50 bits per heavy atom. The van der Waals surface area contributed by atoms with E-state index in [1.54, 1.807) is 0 Å². The van der Waals surface area contributed by atoms with Gasteiger partial charge in [-0.25, -0.2) is 4.98 Å². The van der Waals surface area contributed by atoms with E-state index >= 15 is 0 Å². The third-order valence-electron chi connectivity index (χ3n) is 1.58. The molecule has 0 radical (unpaired) electrons. The maximum atomic E-state index is 5.41. The van der Waals surface area contributed by atoms with E-state index in [0.717, 1.165) is 29.5 Å². The van der Waals surface area contributed by atoms with Crippen molar-refractivity contribution in [2.75, 3.05) is 0 Å². The van der Waals surface area contributed by atoms with Gasteiger partial charge < -0.3 is 4.42 Å². The van der Waals surface area contributed by atoms with Crippen molar-refractivity contribution in [3.8, 4) is 0 Å². The van der Waals surface area contributed by atoms with Gasteiger partial charge in [-0.05, 0) is 18.9 Å². The molecular weight excluding hydrogens is 150 g/mol. The van der Waals surface area contributed by atoms with Gasteiger partial charge in [0.2, 0.25) is 0 Å². The molecule has 0 fully saturated rings. The van der Waals surface area contributed by atoms with E-state index in [2.05, 4.69) is 31.0 Å². The molecule has 0 saturated heterocycles. The summed E-state index contributed by atoms with van der Waals surface area (Å²) in [6, 6.07) is 0. The lowest BCUT2D eigenvalue weighted by Crippen LogP contribution is -2.21. The Bertz CT molecular complexity index is 315. The normalized spacial score (nSPS) is 14.2. The summed E-state index contributed by atoms with van der Waals surface area (Å²) >= 11 is 0. The molecule has 0 N–H and O–H groups in total. The number of aromatic nitrogens is 1. The van der Waals surface area contributed by atoms with Crippen molar-refractivity contribution < 1.29 is 4.42 Å². The minimum absolute atomic E-state index is 0.745. The summed E-state index contributed by atoms with van der Waals surface area (Å²) in [5, 5.41) is 0.983. The number of oxazole rings is 1. The van der Waals surface area contributed by atoms with Crippen molar-refractivity contribution in [1.29, 1.82) is 0 Å². The molecule has 0 spiro atoms. The van der Waals surface area contributed by atoms with Gasteiger partial charge in [0, 0.05) is 6.92 Å². The fraction of sp³-hybridized carbons (Fsp3) is 0.500. The van der Waals surface area contributed by atoms with E-state index in [9.17, 15) is 0 Å². The molecule has 1 aromatic rings. The predicted octanol–water partition coefficient (Wildman–Crippen LogP) is 1.36. The maximum absolute atomic E-state index is 5.41. The van der Waals surface area contributed by atoms with Gasteiger partial charge >= 0.3 is 0 Å². The Balaban J connectivity index is 3.27. The number of aryl methyl sites for hydroxylation is 1. The van der Waals surface area contributed by atoms with Crippen LogP contribution in [0.3, 0.4) is 0 Å². The quantitative estimate of drug-likeness (QED) is 0.661. The first-order valence-corrected chi connectivity index (χ1v) is 4.41. The Kier molecular flexibility index (Phi) is 3.09. The zero-order valence-corrected chi connectivity index (χ0v) is 7.92. The fourth-order valence-electron chi connectivity index (χ4n) is 1.13. The lowest BCUT2D eigenvalue weighted by molar-refractivity contribution is 0.491. The van der Waals surface area contributed by atoms with Gasteiger partial charge in [-0.2, -0.15) is 0 Å². The topological polar surface area (TPSA) is 26.0 Å². The molecule has 0 unspecified atom stereocenters. The van der Waals surface area contributed by atoms with Crippen LogP contribution in [0.15, 0.2) is 4.42 Å². The van der Waals surface area contributed by atoms with Crippen LogP contribution < -0.4 is 10.8 Å². The average Bonchev–Trinajstić information content (AvgIpc) is 2.33. The Labute approximate surface area is 72.6 Å². The highest BCUT2D eigenvalue weighted by Gasteiger charge is 1.93. The third kappa shape index (κ3) is 1.97. The second-order valence-electron chi connectivity index (χ2n) is 2.71. The van der Waals surface area contributed by atoms with Crippen molar-refractivity contribution in [2.24, 2.45) is 0 Å². The fourth-order valence-corrected chi connectivity index (χ4v) is 1.13. The van der Waals surface area contributed by atoms with Crippen LogP contribution in [-0.2, 0) is 0 Å². The van der Waals surface area contributed by atoms with Crippen molar-refractivity contribution in [3.63, 3.8) is 0 Å². The summed E-state index contributed by atoms with van der Waals surface area (Å²) in [5.74, 6) is 0.745. The molecule has 0 amide bonds. The molecule has 66 valence electrons. The Morgan fingerprint density at radius 2 is 1.92 bits per heavy atom. The van der Waals surface area contributed by atoms with E-state index in [0.29, 0.717) is 0 Å². The van der Waals surface area contributed by atoms with Gasteiger partial charge in [0.25, 0.3) is 0 Å². The van der Waals surface area contributed by atoms with Crippen LogP contribution in [0.25, 0.3) is 12.2 Å². The highest BCUT2D eigenvalue weighted by atomic mass is 16.3. The molecule has 0 atom stereocenters. The van der Waals surface area contributed by atoms with Gasteiger partial charge in [0.15, 0.2) is 11.3 Å². The molecule has 2 heteroatoms. The van der Waals surface area contributed by atoms with E-state index in [1.165, 1.54) is 0 Å². The average molecular weight is 165 g/mol. The lowest BCUT2D eigenvalue weighted by atomic mass is 10.3. The second kappa shape index (κ2) is 4.10. The molecule has 0 aliphatic rings. The third-order valence-corrected chi connectivity index (χ3v) is 1.58. The van der Waals surface area contributed by atoms with Gasteiger partial charge in [-0.15, -0.1) is 0 Å². The highest BCUT2D eigenvalue weighted by molar-refractivity contribution is 5.23. The van der Waals surface area contributed by atoms with Gasteiger partial charge in [-0.3, -0.25) is 0 Å². The first-order valence-electron chi connectivity index (χ1n) is 4.41. The van der Waals surface area contributed by atoms with E-state index in [-0.39, 0.29) is 0 Å². The Hall–Kier alpha value is -1.05. The number of rotatable bonds is 2. The molecule has 2 nitrogen and oxygen atoms in total. The monoisotopic (exact) mass is 165 g/mol. The van der Waals surface area contributed by atoms with E-state index in [1.807, 2.05) is 6.92 Å². The minimum Gasteiger partial charge on any atom is -0.441 e. The van der Waals surface area contributed by atoms with Crippen molar-refractivity contribution in [1.82, 2.24) is 4.98 Å². The molecular formula is C10H15NO. The summed E-state index contributed by atoms with van der Waals surface area (Å²) in [6.07, 6.45) is 6.12. The molecule has 1 heterocycles. The SMILES string of the molecule is CC/C=c1/nc(C)o/c1=C/CC. The van der Waals surface area contributed by atoms with Crippen LogP contribution in [0, 0.1) is 6.92 Å². The summed E-state index contributed by atoms with van der Waals surface area (Å²) in [6.45, 7) is 6.06. The zero-order chi connectivity index (χ0) is 8.97. The standard InChI is InChI=1S/C10H15NO/c1-4-6-9-10(7-5-2)12-8(3)11-9/h6-7H,4-5H2,1-3H3/b9-6+,10-7+. The van der Waals surface area contributed by atoms with Crippen LogP contribution >= 0.6 is 0 Å². The van der Waals surface area contributed by atoms with Gasteiger partial charge in [0.1, 0.15) is 5.35 Å². The van der Waals surface area contributed by atoms with Crippen LogP contribution in [0.2, 0.25) is 0 Å². The first kappa shape index (κ1) is 9.04. The zero-order valence-electron chi connectivity index (χ0n) is 7.92. The van der Waals surface area contributed by atoms with Gasteiger partial charge in [-0.1, -0.05) is 19.9 Å².